The molecular weight excluding hydrogens is 397 g/mol. The second-order valence-corrected chi connectivity index (χ2v) is 8.31. The molecule has 2 rings (SSSR count). The van der Waals surface area contributed by atoms with E-state index in [2.05, 4.69) is 29.4 Å². The first kappa shape index (κ1) is 21.5. The van der Waals surface area contributed by atoms with E-state index in [1.165, 1.54) is 29.4 Å². The van der Waals surface area contributed by atoms with E-state index in [4.69, 9.17) is 0 Å². The van der Waals surface area contributed by atoms with Crippen molar-refractivity contribution in [2.24, 2.45) is 0 Å². The van der Waals surface area contributed by atoms with Gasteiger partial charge in [-0.1, -0.05) is 55.1 Å². The van der Waals surface area contributed by atoms with Crippen LogP contribution in [0.2, 0.25) is 0 Å². The Hall–Kier alpha value is -1.81. The molecule has 0 aliphatic carbocycles. The maximum absolute atomic E-state index is 12.2. The number of alkyl halides is 3. The second-order valence-electron chi connectivity index (χ2n) is 5.75. The molecule has 2 N–H and O–H groups in total. The Morgan fingerprint density at radius 1 is 1.22 bits per heavy atom. The van der Waals surface area contributed by atoms with E-state index in [0.717, 1.165) is 30.3 Å². The number of nitrogens with one attached hydrogen (secondary N) is 2. The molecule has 148 valence electrons. The standard InChI is InChI=1S/C17H21F3N4OS2/c1-4-11-7-6-8-12(5-2)13(11)22-15-23-24-16(27-15)26-10(3)14(25)21-9-17(18,19)20/h6-8,10H,4-5,9H2,1-3H3,(H,21,25)(H,22,23)/t10-/m1/s1. The summed E-state index contributed by atoms with van der Waals surface area (Å²) in [5.74, 6) is -0.688. The summed E-state index contributed by atoms with van der Waals surface area (Å²) in [6.45, 7) is 4.34. The SMILES string of the molecule is CCc1cccc(CC)c1Nc1nnc(S[C@H](C)C(=O)NCC(F)(F)F)s1. The third kappa shape index (κ3) is 6.39. The largest absolute Gasteiger partial charge is 0.405 e. The van der Waals surface area contributed by atoms with E-state index in [-0.39, 0.29) is 0 Å². The van der Waals surface area contributed by atoms with Crippen molar-refractivity contribution in [2.75, 3.05) is 11.9 Å². The quantitative estimate of drug-likeness (QED) is 0.615. The van der Waals surface area contributed by atoms with Crippen LogP contribution in [0.5, 0.6) is 0 Å². The van der Waals surface area contributed by atoms with Gasteiger partial charge in [0.2, 0.25) is 11.0 Å². The van der Waals surface area contributed by atoms with Crippen LogP contribution in [0.3, 0.4) is 0 Å². The number of benzene rings is 1. The highest BCUT2D eigenvalue weighted by Gasteiger charge is 2.29. The van der Waals surface area contributed by atoms with Gasteiger partial charge in [-0.25, -0.2) is 0 Å². The molecule has 1 aromatic carbocycles. The van der Waals surface area contributed by atoms with Crippen molar-refractivity contribution in [3.05, 3.63) is 29.3 Å². The van der Waals surface area contributed by atoms with Gasteiger partial charge in [-0.3, -0.25) is 4.79 Å². The van der Waals surface area contributed by atoms with Gasteiger partial charge in [-0.15, -0.1) is 10.2 Å². The fraction of sp³-hybridized carbons (Fsp3) is 0.471. The van der Waals surface area contributed by atoms with Crippen LogP contribution in [0.4, 0.5) is 24.0 Å². The van der Waals surface area contributed by atoms with E-state index < -0.39 is 23.9 Å². The number of carbonyl (C=O) groups is 1. The summed E-state index contributed by atoms with van der Waals surface area (Å²) in [5.41, 5.74) is 3.34. The zero-order valence-electron chi connectivity index (χ0n) is 15.2. The Labute approximate surface area is 164 Å². The van der Waals surface area contributed by atoms with Crippen molar-refractivity contribution < 1.29 is 18.0 Å². The van der Waals surface area contributed by atoms with E-state index in [0.29, 0.717) is 9.47 Å². The average Bonchev–Trinajstić information content (AvgIpc) is 3.06. The second kappa shape index (κ2) is 9.41. The zero-order chi connectivity index (χ0) is 20.0. The van der Waals surface area contributed by atoms with Crippen LogP contribution in [0, 0.1) is 0 Å². The van der Waals surface area contributed by atoms with Crippen molar-refractivity contribution in [2.45, 2.75) is 49.4 Å². The molecule has 0 radical (unpaired) electrons. The number of thioether (sulfide) groups is 1. The van der Waals surface area contributed by atoms with Crippen LogP contribution in [-0.2, 0) is 17.6 Å². The lowest BCUT2D eigenvalue weighted by atomic mass is 10.0. The minimum atomic E-state index is -4.43. The summed E-state index contributed by atoms with van der Waals surface area (Å²) in [4.78, 5) is 11.8. The molecule has 0 saturated heterocycles. The van der Waals surface area contributed by atoms with Crippen molar-refractivity contribution in [3.8, 4) is 0 Å². The Morgan fingerprint density at radius 3 is 2.41 bits per heavy atom. The molecule has 27 heavy (non-hydrogen) atoms. The summed E-state index contributed by atoms with van der Waals surface area (Å²) < 4.78 is 37.1. The monoisotopic (exact) mass is 418 g/mol. The summed E-state index contributed by atoms with van der Waals surface area (Å²) >= 11 is 2.34. The maximum Gasteiger partial charge on any atom is 0.405 e. The number of amides is 1. The number of para-hydroxylation sites is 1. The highest BCUT2D eigenvalue weighted by molar-refractivity contribution is 8.02. The van der Waals surface area contributed by atoms with Crippen molar-refractivity contribution in [3.63, 3.8) is 0 Å². The molecule has 2 aromatic rings. The number of nitrogens with zero attached hydrogens (tertiary/aromatic N) is 2. The van der Waals surface area contributed by atoms with Crippen molar-refractivity contribution >= 4 is 39.8 Å². The molecular formula is C17H21F3N4OS2. The number of hydrogen-bond acceptors (Lipinski definition) is 6. The van der Waals surface area contributed by atoms with Crippen LogP contribution in [-0.4, -0.2) is 34.1 Å². The lowest BCUT2D eigenvalue weighted by molar-refractivity contribution is -0.137. The molecule has 1 aromatic heterocycles. The fourth-order valence-corrected chi connectivity index (χ4v) is 4.28. The summed E-state index contributed by atoms with van der Waals surface area (Å²) in [7, 11) is 0. The van der Waals surface area contributed by atoms with Crippen molar-refractivity contribution in [1.82, 2.24) is 15.5 Å². The van der Waals surface area contributed by atoms with Crippen LogP contribution in [0.15, 0.2) is 22.5 Å². The fourth-order valence-electron chi connectivity index (χ4n) is 2.35. The van der Waals surface area contributed by atoms with E-state index in [9.17, 15) is 18.0 Å². The number of carbonyl (C=O) groups excluding carboxylic acids is 1. The van der Waals surface area contributed by atoms with Crippen LogP contribution < -0.4 is 10.6 Å². The Morgan fingerprint density at radius 2 is 1.85 bits per heavy atom. The molecule has 10 heteroatoms. The lowest BCUT2D eigenvalue weighted by Gasteiger charge is -2.13. The molecule has 0 spiro atoms. The molecule has 5 nitrogen and oxygen atoms in total. The molecule has 0 saturated carbocycles. The van der Waals surface area contributed by atoms with Gasteiger partial charge in [-0.05, 0) is 30.9 Å². The molecule has 1 atom stereocenters. The van der Waals surface area contributed by atoms with E-state index >= 15 is 0 Å². The van der Waals surface area contributed by atoms with Gasteiger partial charge < -0.3 is 10.6 Å². The van der Waals surface area contributed by atoms with Gasteiger partial charge in [0.25, 0.3) is 0 Å². The molecule has 0 bridgehead atoms. The maximum atomic E-state index is 12.2. The van der Waals surface area contributed by atoms with Crippen LogP contribution >= 0.6 is 23.1 Å². The summed E-state index contributed by atoms with van der Waals surface area (Å²) in [5, 5.41) is 13.1. The molecule has 0 aliphatic heterocycles. The van der Waals surface area contributed by atoms with Gasteiger partial charge in [-0.2, -0.15) is 13.2 Å². The zero-order valence-corrected chi connectivity index (χ0v) is 16.8. The number of aryl methyl sites for hydroxylation is 2. The summed E-state index contributed by atoms with van der Waals surface area (Å²) in [6.07, 6.45) is -2.69. The smallest absolute Gasteiger partial charge is 0.346 e. The highest BCUT2D eigenvalue weighted by Crippen LogP contribution is 2.32. The average molecular weight is 419 g/mol. The predicted octanol–water partition coefficient (Wildman–Crippen LogP) is 4.57. The molecule has 0 unspecified atom stereocenters. The predicted molar refractivity (Wildman–Crippen MR) is 103 cm³/mol. The Bertz CT molecular complexity index is 758. The van der Waals surface area contributed by atoms with Gasteiger partial charge in [0.1, 0.15) is 6.54 Å². The van der Waals surface area contributed by atoms with Gasteiger partial charge in [0, 0.05) is 5.69 Å². The lowest BCUT2D eigenvalue weighted by Crippen LogP contribution is -2.37. The van der Waals surface area contributed by atoms with Gasteiger partial charge in [0.05, 0.1) is 5.25 Å². The first-order chi connectivity index (χ1) is 12.7. The third-order valence-electron chi connectivity index (χ3n) is 3.75. The molecule has 1 heterocycles. The molecule has 0 aliphatic rings. The number of aromatic nitrogens is 2. The molecule has 0 fully saturated rings. The van der Waals surface area contributed by atoms with Gasteiger partial charge in [0.15, 0.2) is 4.34 Å². The first-order valence-corrected chi connectivity index (χ1v) is 10.2. The van der Waals surface area contributed by atoms with E-state index in [1.54, 1.807) is 0 Å². The minimum absolute atomic E-state index is 0.513. The van der Waals surface area contributed by atoms with E-state index in [1.807, 2.05) is 23.5 Å². The number of halogens is 3. The Kier molecular flexibility index (Phi) is 7.49. The third-order valence-corrected chi connectivity index (χ3v) is 5.77. The number of rotatable bonds is 8. The van der Waals surface area contributed by atoms with Gasteiger partial charge >= 0.3 is 6.18 Å². The molecule has 1 amide bonds. The summed E-state index contributed by atoms with van der Waals surface area (Å²) in [6, 6.07) is 6.11. The number of anilines is 2. The minimum Gasteiger partial charge on any atom is -0.346 e. The topological polar surface area (TPSA) is 66.9 Å². The van der Waals surface area contributed by atoms with Crippen LogP contribution in [0.25, 0.3) is 0 Å². The van der Waals surface area contributed by atoms with Crippen LogP contribution in [0.1, 0.15) is 31.9 Å². The Balaban J connectivity index is 2.02. The number of hydrogen-bond donors (Lipinski definition) is 2. The van der Waals surface area contributed by atoms with Crippen molar-refractivity contribution in [1.29, 1.82) is 0 Å². The normalized spacial score (nSPS) is 12.7. The first-order valence-electron chi connectivity index (χ1n) is 8.45. The highest BCUT2D eigenvalue weighted by atomic mass is 32.2.